The second-order valence-electron chi connectivity index (χ2n) is 5.35. The lowest BCUT2D eigenvalue weighted by atomic mass is 10.2. The van der Waals surface area contributed by atoms with Crippen molar-refractivity contribution >= 4 is 17.5 Å². The van der Waals surface area contributed by atoms with Crippen LogP contribution in [0.1, 0.15) is 12.5 Å². The summed E-state index contributed by atoms with van der Waals surface area (Å²) < 4.78 is 10.4. The van der Waals surface area contributed by atoms with Crippen LogP contribution in [0.25, 0.3) is 0 Å². The third-order valence-electron chi connectivity index (χ3n) is 3.57. The van der Waals surface area contributed by atoms with E-state index < -0.39 is 0 Å². The van der Waals surface area contributed by atoms with Crippen molar-refractivity contribution in [1.82, 2.24) is 9.88 Å². The van der Waals surface area contributed by atoms with Gasteiger partial charge in [0.05, 0.1) is 14.2 Å². The van der Waals surface area contributed by atoms with Crippen molar-refractivity contribution in [3.05, 3.63) is 48.3 Å². The fourth-order valence-electron chi connectivity index (χ4n) is 2.27. The van der Waals surface area contributed by atoms with E-state index >= 15 is 0 Å². The molecule has 0 fully saturated rings. The van der Waals surface area contributed by atoms with Gasteiger partial charge in [-0.3, -0.25) is 14.6 Å². The van der Waals surface area contributed by atoms with Crippen LogP contribution in [0.5, 0.6) is 11.5 Å². The Morgan fingerprint density at radius 3 is 2.36 bits per heavy atom. The molecule has 2 amide bonds. The summed E-state index contributed by atoms with van der Waals surface area (Å²) in [6.07, 6.45) is 3.30. The van der Waals surface area contributed by atoms with Crippen molar-refractivity contribution < 1.29 is 19.1 Å². The lowest BCUT2D eigenvalue weighted by Crippen LogP contribution is -2.36. The van der Waals surface area contributed by atoms with Gasteiger partial charge >= 0.3 is 0 Å². The minimum Gasteiger partial charge on any atom is -0.493 e. The molecule has 0 atom stereocenters. The maximum Gasteiger partial charge on any atom is 0.244 e. The standard InChI is InChI=1S/C18H21N3O4/c1-13(22)21(11-14-6-8-19-9-7-14)12-18(23)20-15-4-5-16(24-2)17(10-15)25-3/h4-10H,11-12H2,1-3H3,(H,20,23). The number of carbonyl (C=O) groups excluding carboxylic acids is 2. The molecule has 1 heterocycles. The lowest BCUT2D eigenvalue weighted by molar-refractivity contribution is -0.133. The SMILES string of the molecule is COc1ccc(NC(=O)CN(Cc2ccncc2)C(C)=O)cc1OC. The summed E-state index contributed by atoms with van der Waals surface area (Å²) in [4.78, 5) is 29.5. The molecule has 2 aromatic rings. The van der Waals surface area contributed by atoms with Gasteiger partial charge in [0.15, 0.2) is 11.5 Å². The van der Waals surface area contributed by atoms with Crippen molar-refractivity contribution in [1.29, 1.82) is 0 Å². The normalized spacial score (nSPS) is 10.0. The Morgan fingerprint density at radius 1 is 1.08 bits per heavy atom. The van der Waals surface area contributed by atoms with Crippen LogP contribution in [0, 0.1) is 0 Å². The maximum atomic E-state index is 12.3. The number of rotatable bonds is 7. The van der Waals surface area contributed by atoms with E-state index in [0.717, 1.165) is 5.56 Å². The molecule has 1 N–H and O–H groups in total. The predicted molar refractivity (Wildman–Crippen MR) is 93.5 cm³/mol. The van der Waals surface area contributed by atoms with Crippen LogP contribution < -0.4 is 14.8 Å². The number of aromatic nitrogens is 1. The first-order chi connectivity index (χ1) is 12.0. The number of hydrogen-bond acceptors (Lipinski definition) is 5. The van der Waals surface area contributed by atoms with Gasteiger partial charge in [0.2, 0.25) is 11.8 Å². The minimum atomic E-state index is -0.295. The molecule has 132 valence electrons. The summed E-state index contributed by atoms with van der Waals surface area (Å²) in [6, 6.07) is 8.69. The van der Waals surface area contributed by atoms with E-state index in [9.17, 15) is 9.59 Å². The number of nitrogens with zero attached hydrogens (tertiary/aromatic N) is 2. The lowest BCUT2D eigenvalue weighted by Gasteiger charge is -2.20. The summed E-state index contributed by atoms with van der Waals surface area (Å²) in [7, 11) is 3.07. The number of amides is 2. The van der Waals surface area contributed by atoms with E-state index in [1.54, 1.807) is 37.7 Å². The number of hydrogen-bond donors (Lipinski definition) is 1. The number of anilines is 1. The van der Waals surface area contributed by atoms with Crippen molar-refractivity contribution in [3.63, 3.8) is 0 Å². The first kappa shape index (κ1) is 18.3. The van der Waals surface area contributed by atoms with Crippen LogP contribution >= 0.6 is 0 Å². The molecule has 2 rings (SSSR count). The quantitative estimate of drug-likeness (QED) is 0.832. The number of methoxy groups -OCH3 is 2. The van der Waals surface area contributed by atoms with Crippen LogP contribution in [0.2, 0.25) is 0 Å². The largest absolute Gasteiger partial charge is 0.493 e. The molecular formula is C18H21N3O4. The van der Waals surface area contributed by atoms with Crippen LogP contribution in [0.4, 0.5) is 5.69 Å². The van der Waals surface area contributed by atoms with Gasteiger partial charge in [0, 0.05) is 37.6 Å². The Bertz CT molecular complexity index is 734. The predicted octanol–water partition coefficient (Wildman–Crippen LogP) is 2.09. The third kappa shape index (κ3) is 5.20. The average Bonchev–Trinajstić information content (AvgIpc) is 2.61. The van der Waals surface area contributed by atoms with Crippen molar-refractivity contribution in [2.75, 3.05) is 26.1 Å². The zero-order valence-electron chi connectivity index (χ0n) is 14.5. The van der Waals surface area contributed by atoms with Gasteiger partial charge in [-0.05, 0) is 29.8 Å². The van der Waals surface area contributed by atoms with E-state index in [0.29, 0.717) is 23.7 Å². The second kappa shape index (κ2) is 8.68. The highest BCUT2D eigenvalue weighted by atomic mass is 16.5. The fourth-order valence-corrected chi connectivity index (χ4v) is 2.27. The molecule has 1 aromatic heterocycles. The molecule has 0 saturated heterocycles. The summed E-state index contributed by atoms with van der Waals surface area (Å²) in [5.74, 6) is 0.611. The van der Waals surface area contributed by atoms with Crippen molar-refractivity contribution in [2.45, 2.75) is 13.5 Å². The van der Waals surface area contributed by atoms with Crippen LogP contribution in [-0.4, -0.2) is 42.5 Å². The van der Waals surface area contributed by atoms with Crippen LogP contribution in [0.3, 0.4) is 0 Å². The van der Waals surface area contributed by atoms with Crippen molar-refractivity contribution in [2.24, 2.45) is 0 Å². The van der Waals surface area contributed by atoms with Crippen molar-refractivity contribution in [3.8, 4) is 11.5 Å². The summed E-state index contributed by atoms with van der Waals surface area (Å²) in [5.41, 5.74) is 1.47. The first-order valence-corrected chi connectivity index (χ1v) is 7.69. The second-order valence-corrected chi connectivity index (χ2v) is 5.35. The van der Waals surface area contributed by atoms with Gasteiger partial charge in [0.25, 0.3) is 0 Å². The van der Waals surface area contributed by atoms with Gasteiger partial charge in [0.1, 0.15) is 6.54 Å². The van der Waals surface area contributed by atoms with Gasteiger partial charge < -0.3 is 19.7 Å². The molecule has 0 saturated carbocycles. The maximum absolute atomic E-state index is 12.3. The summed E-state index contributed by atoms with van der Waals surface area (Å²) >= 11 is 0. The zero-order chi connectivity index (χ0) is 18.2. The highest BCUT2D eigenvalue weighted by Crippen LogP contribution is 2.29. The third-order valence-corrected chi connectivity index (χ3v) is 3.57. The summed E-state index contributed by atoms with van der Waals surface area (Å²) in [5, 5.41) is 2.76. The molecule has 0 aliphatic rings. The Kier molecular flexibility index (Phi) is 6.33. The number of carbonyl (C=O) groups is 2. The fraction of sp³-hybridized carbons (Fsp3) is 0.278. The molecule has 0 bridgehead atoms. The van der Waals surface area contributed by atoms with E-state index in [1.165, 1.54) is 18.9 Å². The van der Waals surface area contributed by atoms with Crippen LogP contribution in [0.15, 0.2) is 42.7 Å². The smallest absolute Gasteiger partial charge is 0.244 e. The highest BCUT2D eigenvalue weighted by Gasteiger charge is 2.15. The molecule has 0 aliphatic carbocycles. The van der Waals surface area contributed by atoms with Gasteiger partial charge in [-0.1, -0.05) is 0 Å². The Labute approximate surface area is 146 Å². The highest BCUT2D eigenvalue weighted by molar-refractivity contribution is 5.94. The first-order valence-electron chi connectivity index (χ1n) is 7.69. The van der Waals surface area contributed by atoms with Gasteiger partial charge in [-0.15, -0.1) is 0 Å². The molecule has 0 unspecified atom stereocenters. The number of ether oxygens (including phenoxy) is 2. The Hall–Kier alpha value is -3.09. The van der Waals surface area contributed by atoms with E-state index in [-0.39, 0.29) is 18.4 Å². The topological polar surface area (TPSA) is 80.8 Å². The molecule has 7 heteroatoms. The molecule has 0 aliphatic heterocycles. The Balaban J connectivity index is 2.03. The molecule has 7 nitrogen and oxygen atoms in total. The Morgan fingerprint density at radius 2 is 1.76 bits per heavy atom. The van der Waals surface area contributed by atoms with Gasteiger partial charge in [-0.25, -0.2) is 0 Å². The number of nitrogens with one attached hydrogen (secondary N) is 1. The average molecular weight is 343 g/mol. The van der Waals surface area contributed by atoms with Gasteiger partial charge in [-0.2, -0.15) is 0 Å². The van der Waals surface area contributed by atoms with Crippen LogP contribution in [-0.2, 0) is 16.1 Å². The van der Waals surface area contributed by atoms with E-state index in [1.807, 2.05) is 12.1 Å². The molecule has 0 spiro atoms. The molecule has 0 radical (unpaired) electrons. The molecular weight excluding hydrogens is 322 g/mol. The molecule has 1 aromatic carbocycles. The van der Waals surface area contributed by atoms with E-state index in [2.05, 4.69) is 10.3 Å². The minimum absolute atomic E-state index is 0.0496. The summed E-state index contributed by atoms with van der Waals surface area (Å²) in [6.45, 7) is 1.73. The monoisotopic (exact) mass is 343 g/mol. The molecule has 25 heavy (non-hydrogen) atoms. The van der Waals surface area contributed by atoms with E-state index in [4.69, 9.17) is 9.47 Å². The number of pyridine rings is 1. The number of benzene rings is 1. The zero-order valence-corrected chi connectivity index (χ0v) is 14.5.